The summed E-state index contributed by atoms with van der Waals surface area (Å²) >= 11 is 0. The van der Waals surface area contributed by atoms with Crippen molar-refractivity contribution in [3.63, 3.8) is 0 Å². The number of likely N-dealkylation sites (tertiary alicyclic amines) is 1. The monoisotopic (exact) mass is 301 g/mol. The first-order valence-electron chi connectivity index (χ1n) is 6.47. The molecule has 1 aliphatic heterocycles. The summed E-state index contributed by atoms with van der Waals surface area (Å²) in [7, 11) is 0. The zero-order valence-corrected chi connectivity index (χ0v) is 11.1. The zero-order chi connectivity index (χ0) is 15.6. The minimum atomic E-state index is -1.33. The molecule has 1 atom stereocenters. The lowest BCUT2D eigenvalue weighted by Gasteiger charge is -2.14. The van der Waals surface area contributed by atoms with E-state index >= 15 is 0 Å². The van der Waals surface area contributed by atoms with Crippen LogP contribution in [0, 0.1) is 17.5 Å². The lowest BCUT2D eigenvalue weighted by Crippen LogP contribution is -2.31. The molecule has 4 nitrogen and oxygen atoms in total. The van der Waals surface area contributed by atoms with Crippen LogP contribution < -0.4 is 0 Å². The van der Waals surface area contributed by atoms with Crippen molar-refractivity contribution < 1.29 is 27.9 Å². The third-order valence-electron chi connectivity index (χ3n) is 3.34. The van der Waals surface area contributed by atoms with Crippen molar-refractivity contribution in [1.29, 1.82) is 0 Å². The van der Waals surface area contributed by atoms with E-state index < -0.39 is 48.1 Å². The van der Waals surface area contributed by atoms with Crippen molar-refractivity contribution in [2.45, 2.75) is 25.4 Å². The van der Waals surface area contributed by atoms with Crippen LogP contribution in [0.2, 0.25) is 0 Å². The van der Waals surface area contributed by atoms with Crippen LogP contribution >= 0.6 is 0 Å². The highest BCUT2D eigenvalue weighted by Gasteiger charge is 2.26. The van der Waals surface area contributed by atoms with Crippen LogP contribution in [0.5, 0.6) is 0 Å². The number of hydrogen-bond acceptors (Lipinski definition) is 3. The van der Waals surface area contributed by atoms with E-state index in [1.54, 1.807) is 0 Å². The molecule has 0 aromatic heterocycles. The Kier molecular flexibility index (Phi) is 4.62. The molecule has 1 saturated heterocycles. The number of hydrogen-bond donors (Lipinski definition) is 1. The van der Waals surface area contributed by atoms with Gasteiger partial charge in [0.05, 0.1) is 12.5 Å². The maximum Gasteiger partial charge on any atom is 0.230 e. The molecule has 0 radical (unpaired) electrons. The first-order chi connectivity index (χ1) is 9.86. The molecule has 0 bridgehead atoms. The van der Waals surface area contributed by atoms with Crippen molar-refractivity contribution in [1.82, 2.24) is 4.90 Å². The van der Waals surface area contributed by atoms with E-state index in [0.29, 0.717) is 25.1 Å². The van der Waals surface area contributed by atoms with E-state index in [2.05, 4.69) is 0 Å². The number of nitrogens with zero attached hydrogens (tertiary/aromatic N) is 1. The highest BCUT2D eigenvalue weighted by Crippen LogP contribution is 2.16. The Bertz CT molecular complexity index is 577. The normalized spacial score (nSPS) is 18.1. The van der Waals surface area contributed by atoms with E-state index in [0.717, 1.165) is 0 Å². The predicted octanol–water partition coefficient (Wildman–Crippen LogP) is 1.20. The maximum atomic E-state index is 13.4. The van der Waals surface area contributed by atoms with Gasteiger partial charge in [0.25, 0.3) is 0 Å². The van der Waals surface area contributed by atoms with Gasteiger partial charge in [0.2, 0.25) is 5.91 Å². The van der Waals surface area contributed by atoms with E-state index in [-0.39, 0.29) is 12.1 Å². The van der Waals surface area contributed by atoms with Gasteiger partial charge in [-0.25, -0.2) is 13.2 Å². The third kappa shape index (κ3) is 3.81. The molecule has 1 unspecified atom stereocenters. The Morgan fingerprint density at radius 1 is 1.19 bits per heavy atom. The number of ketones is 1. The Labute approximate surface area is 119 Å². The first-order valence-corrected chi connectivity index (χ1v) is 6.47. The molecule has 114 valence electrons. The summed E-state index contributed by atoms with van der Waals surface area (Å²) in [6, 6.07) is 0.989. The molecule has 1 fully saturated rings. The highest BCUT2D eigenvalue weighted by atomic mass is 19.2. The molecule has 21 heavy (non-hydrogen) atoms. The summed E-state index contributed by atoms with van der Waals surface area (Å²) in [5, 5.41) is 9.31. The van der Waals surface area contributed by atoms with Gasteiger partial charge in [0.15, 0.2) is 11.6 Å². The summed E-state index contributed by atoms with van der Waals surface area (Å²) in [4.78, 5) is 24.8. The topological polar surface area (TPSA) is 57.6 Å². The van der Waals surface area contributed by atoms with Crippen molar-refractivity contribution in [3.05, 3.63) is 35.1 Å². The van der Waals surface area contributed by atoms with Crippen LogP contribution in [0.15, 0.2) is 12.1 Å². The molecular formula is C14H14F3NO3. The summed E-state index contributed by atoms with van der Waals surface area (Å²) in [6.07, 6.45) is -1.07. The molecule has 1 N–H and O–H groups in total. The molecule has 1 amide bonds. The second kappa shape index (κ2) is 6.26. The van der Waals surface area contributed by atoms with Crippen LogP contribution in [-0.4, -0.2) is 40.9 Å². The molecule has 0 spiro atoms. The lowest BCUT2D eigenvalue weighted by atomic mass is 10.1. The summed E-state index contributed by atoms with van der Waals surface area (Å²) in [6.45, 7) is 0.540. The van der Waals surface area contributed by atoms with Crippen molar-refractivity contribution >= 4 is 11.7 Å². The van der Waals surface area contributed by atoms with E-state index in [9.17, 15) is 27.9 Å². The van der Waals surface area contributed by atoms with E-state index in [1.807, 2.05) is 0 Å². The van der Waals surface area contributed by atoms with Gasteiger partial charge in [-0.1, -0.05) is 0 Å². The number of benzene rings is 1. The number of rotatable bonds is 4. The first kappa shape index (κ1) is 15.5. The lowest BCUT2D eigenvalue weighted by molar-refractivity contribution is -0.134. The second-order valence-electron chi connectivity index (χ2n) is 5.03. The molecule has 1 heterocycles. The minimum absolute atomic E-state index is 0.172. The van der Waals surface area contributed by atoms with Crippen molar-refractivity contribution in [2.75, 3.05) is 13.1 Å². The van der Waals surface area contributed by atoms with Gasteiger partial charge in [0.1, 0.15) is 11.6 Å². The fourth-order valence-corrected chi connectivity index (χ4v) is 2.22. The van der Waals surface area contributed by atoms with Crippen molar-refractivity contribution in [3.8, 4) is 0 Å². The summed E-state index contributed by atoms with van der Waals surface area (Å²) < 4.78 is 39.2. The van der Waals surface area contributed by atoms with E-state index in [1.165, 1.54) is 4.90 Å². The number of aliphatic hydroxyl groups excluding tert-OH is 1. The third-order valence-corrected chi connectivity index (χ3v) is 3.34. The largest absolute Gasteiger partial charge is 0.391 e. The van der Waals surface area contributed by atoms with Gasteiger partial charge in [0, 0.05) is 25.6 Å². The van der Waals surface area contributed by atoms with Gasteiger partial charge in [-0.15, -0.1) is 0 Å². The van der Waals surface area contributed by atoms with Crippen LogP contribution in [0.1, 0.15) is 18.4 Å². The van der Waals surface area contributed by atoms with Gasteiger partial charge in [-0.2, -0.15) is 0 Å². The fourth-order valence-electron chi connectivity index (χ4n) is 2.22. The second-order valence-corrected chi connectivity index (χ2v) is 5.03. The zero-order valence-electron chi connectivity index (χ0n) is 11.1. The Balaban J connectivity index is 1.96. The van der Waals surface area contributed by atoms with Crippen LogP contribution in [-0.2, 0) is 16.0 Å². The van der Waals surface area contributed by atoms with Crippen LogP contribution in [0.4, 0.5) is 13.2 Å². The number of aliphatic hydroxyl groups is 1. The molecule has 0 saturated carbocycles. The quantitative estimate of drug-likeness (QED) is 0.671. The van der Waals surface area contributed by atoms with Gasteiger partial charge in [-0.3, -0.25) is 9.59 Å². The molecule has 1 aliphatic rings. The van der Waals surface area contributed by atoms with Gasteiger partial charge < -0.3 is 10.0 Å². The molecule has 1 aromatic rings. The van der Waals surface area contributed by atoms with Crippen molar-refractivity contribution in [2.24, 2.45) is 0 Å². The standard InChI is InChI=1S/C14H14F3NO3/c15-11-6-13(17)12(16)4-8(11)3-10(20)5-14(21)18-2-1-9(19)7-18/h4,6,9,19H,1-3,5,7H2. The van der Waals surface area contributed by atoms with Gasteiger partial charge in [-0.05, 0) is 18.1 Å². The summed E-state index contributed by atoms with van der Waals surface area (Å²) in [5.74, 6) is -4.64. The highest BCUT2D eigenvalue weighted by molar-refractivity contribution is 5.99. The molecule has 2 rings (SSSR count). The number of β-amino-alcohol motifs (C(OH)–C–C–N with tert-alkyl or cyclic N) is 1. The number of halogens is 3. The molecule has 1 aromatic carbocycles. The molecule has 0 aliphatic carbocycles. The SMILES string of the molecule is O=C(CC(=O)N1CCC(O)C1)Cc1cc(F)c(F)cc1F. The fraction of sp³-hybridized carbons (Fsp3) is 0.429. The number of carbonyl (C=O) groups excluding carboxylic acids is 2. The van der Waals surface area contributed by atoms with Gasteiger partial charge >= 0.3 is 0 Å². The molecule has 7 heteroatoms. The smallest absolute Gasteiger partial charge is 0.230 e. The Morgan fingerprint density at radius 2 is 1.86 bits per heavy atom. The number of Topliss-reactive ketones (excluding diaryl/α,β-unsaturated/α-hetero) is 1. The Hall–Kier alpha value is -1.89. The van der Waals surface area contributed by atoms with E-state index in [4.69, 9.17) is 0 Å². The van der Waals surface area contributed by atoms with Crippen LogP contribution in [0.25, 0.3) is 0 Å². The maximum absolute atomic E-state index is 13.4. The number of carbonyl (C=O) groups is 2. The molecular weight excluding hydrogens is 287 g/mol. The minimum Gasteiger partial charge on any atom is -0.391 e. The summed E-state index contributed by atoms with van der Waals surface area (Å²) in [5.41, 5.74) is -0.284. The predicted molar refractivity (Wildman–Crippen MR) is 66.8 cm³/mol. The number of amides is 1. The Morgan fingerprint density at radius 3 is 2.48 bits per heavy atom. The average Bonchev–Trinajstić information content (AvgIpc) is 2.82. The average molecular weight is 301 g/mol. The van der Waals surface area contributed by atoms with Crippen LogP contribution in [0.3, 0.4) is 0 Å².